The molecule has 28 heavy (non-hydrogen) atoms. The van der Waals surface area contributed by atoms with Crippen molar-refractivity contribution in [3.63, 3.8) is 0 Å². The van der Waals surface area contributed by atoms with E-state index in [2.05, 4.69) is 36.2 Å². The number of fused-ring (bicyclic) bond motifs is 2. The van der Waals surface area contributed by atoms with Gasteiger partial charge in [0, 0.05) is 12.7 Å². The van der Waals surface area contributed by atoms with Crippen LogP contribution < -0.4 is 16.0 Å². The number of benzene rings is 2. The van der Waals surface area contributed by atoms with Crippen molar-refractivity contribution < 1.29 is 4.39 Å². The molecule has 0 amide bonds. The van der Waals surface area contributed by atoms with Gasteiger partial charge in [-0.3, -0.25) is 0 Å². The molecule has 140 valence electrons. The largest absolute Gasteiger partial charge is 0.354 e. The smallest absolute Gasteiger partial charge is 0.224 e. The molecule has 2 heterocycles. The third-order valence-electron chi connectivity index (χ3n) is 4.24. The first-order chi connectivity index (χ1) is 13.7. The second-order valence-electron chi connectivity index (χ2n) is 6.10. The van der Waals surface area contributed by atoms with Crippen LogP contribution in [-0.2, 0) is 6.42 Å². The summed E-state index contributed by atoms with van der Waals surface area (Å²) in [5.41, 5.74) is 10.3. The van der Waals surface area contributed by atoms with E-state index < -0.39 is 0 Å². The van der Waals surface area contributed by atoms with Gasteiger partial charge in [-0.05, 0) is 36.2 Å². The van der Waals surface area contributed by atoms with Crippen molar-refractivity contribution in [1.29, 1.82) is 5.53 Å². The SMILES string of the molecule is N=N/N=C1\Nc2ccccc2Nc2nc(NCCc3ccc(F)cc3)ncc21. The van der Waals surface area contributed by atoms with Crippen molar-refractivity contribution in [3.8, 4) is 0 Å². The molecule has 0 fully saturated rings. The first-order valence-electron chi connectivity index (χ1n) is 8.66. The van der Waals surface area contributed by atoms with Crippen LogP contribution in [0.25, 0.3) is 0 Å². The molecule has 0 bridgehead atoms. The molecule has 0 saturated heterocycles. The van der Waals surface area contributed by atoms with Gasteiger partial charge in [0.15, 0.2) is 5.84 Å². The molecule has 3 aromatic rings. The van der Waals surface area contributed by atoms with Crippen molar-refractivity contribution in [2.75, 3.05) is 22.5 Å². The molecular weight excluding hydrogens is 359 g/mol. The van der Waals surface area contributed by atoms with Gasteiger partial charge >= 0.3 is 0 Å². The van der Waals surface area contributed by atoms with Gasteiger partial charge in [0.05, 0.1) is 16.9 Å². The van der Waals surface area contributed by atoms with Crippen molar-refractivity contribution in [3.05, 3.63) is 71.7 Å². The minimum absolute atomic E-state index is 0.248. The number of rotatable bonds is 5. The Morgan fingerprint density at radius 2 is 1.79 bits per heavy atom. The maximum atomic E-state index is 13.0. The Hall–Kier alpha value is -3.88. The molecular formula is C19H17FN8. The number of hydrogen-bond acceptors (Lipinski definition) is 6. The summed E-state index contributed by atoms with van der Waals surface area (Å²) in [4.78, 5) is 8.86. The molecule has 0 saturated carbocycles. The zero-order chi connectivity index (χ0) is 19.3. The van der Waals surface area contributed by atoms with E-state index in [9.17, 15) is 4.39 Å². The standard InChI is InChI=1S/C19H17FN8/c20-13-7-5-12(6-8-13)9-10-22-19-23-11-14-17(26-19)24-15-3-1-2-4-16(15)25-18(14)27-28-21/h1-8,11H,9-10H2,(H2,21,25,27)(H2,22,23,24,26). The molecule has 2 aromatic carbocycles. The third kappa shape index (κ3) is 3.78. The topological polar surface area (TPSA) is 110 Å². The average Bonchev–Trinajstić information content (AvgIpc) is 2.86. The number of aromatic nitrogens is 2. The molecule has 0 radical (unpaired) electrons. The van der Waals surface area contributed by atoms with E-state index in [1.165, 1.54) is 12.1 Å². The molecule has 4 rings (SSSR count). The van der Waals surface area contributed by atoms with Crippen LogP contribution in [0.5, 0.6) is 0 Å². The summed E-state index contributed by atoms with van der Waals surface area (Å²) < 4.78 is 13.0. The molecule has 1 aliphatic heterocycles. The Balaban J connectivity index is 1.55. The number of amidine groups is 1. The third-order valence-corrected chi connectivity index (χ3v) is 4.24. The summed E-state index contributed by atoms with van der Waals surface area (Å²) in [5, 5.41) is 16.6. The molecule has 0 spiro atoms. The predicted octanol–water partition coefficient (Wildman–Crippen LogP) is 4.13. The second kappa shape index (κ2) is 7.78. The number of nitrogens with zero attached hydrogens (tertiary/aromatic N) is 4. The molecule has 0 unspecified atom stereocenters. The molecule has 1 aromatic heterocycles. The average molecular weight is 376 g/mol. The minimum atomic E-state index is -0.248. The molecule has 1 aliphatic rings. The van der Waals surface area contributed by atoms with Gasteiger partial charge in [-0.1, -0.05) is 29.5 Å². The summed E-state index contributed by atoms with van der Waals surface area (Å²) in [6.07, 6.45) is 2.33. The molecule has 4 N–H and O–H groups in total. The van der Waals surface area contributed by atoms with Crippen LogP contribution in [-0.4, -0.2) is 22.3 Å². The van der Waals surface area contributed by atoms with Crippen molar-refractivity contribution in [2.45, 2.75) is 6.42 Å². The van der Waals surface area contributed by atoms with Crippen molar-refractivity contribution >= 4 is 29.0 Å². The first kappa shape index (κ1) is 17.5. The summed E-state index contributed by atoms with van der Waals surface area (Å²) >= 11 is 0. The van der Waals surface area contributed by atoms with Gasteiger partial charge in [0.25, 0.3) is 0 Å². The van der Waals surface area contributed by atoms with Crippen LogP contribution >= 0.6 is 0 Å². The van der Waals surface area contributed by atoms with Crippen molar-refractivity contribution in [2.24, 2.45) is 10.3 Å². The maximum Gasteiger partial charge on any atom is 0.224 e. The zero-order valence-electron chi connectivity index (χ0n) is 14.8. The van der Waals surface area contributed by atoms with Crippen LogP contribution in [0, 0.1) is 11.3 Å². The maximum absolute atomic E-state index is 13.0. The lowest BCUT2D eigenvalue weighted by Crippen LogP contribution is -2.15. The Bertz CT molecular complexity index is 1030. The highest BCUT2D eigenvalue weighted by Gasteiger charge is 2.20. The van der Waals surface area contributed by atoms with E-state index in [0.29, 0.717) is 36.1 Å². The number of para-hydroxylation sites is 2. The number of anilines is 4. The summed E-state index contributed by atoms with van der Waals surface area (Å²) in [6.45, 7) is 0.599. The van der Waals surface area contributed by atoms with E-state index in [1.54, 1.807) is 18.3 Å². The summed E-state index contributed by atoms with van der Waals surface area (Å²) in [7, 11) is 0. The van der Waals surface area contributed by atoms with Crippen LogP contribution in [0.2, 0.25) is 0 Å². The first-order valence-corrected chi connectivity index (χ1v) is 8.66. The Morgan fingerprint density at radius 3 is 2.54 bits per heavy atom. The van der Waals surface area contributed by atoms with Gasteiger partial charge in [-0.2, -0.15) is 10.5 Å². The van der Waals surface area contributed by atoms with E-state index in [0.717, 1.165) is 16.9 Å². The van der Waals surface area contributed by atoms with Crippen LogP contribution in [0.1, 0.15) is 11.1 Å². The lowest BCUT2D eigenvalue weighted by atomic mass is 10.1. The fraction of sp³-hybridized carbons (Fsp3) is 0.105. The van der Waals surface area contributed by atoms with Crippen LogP contribution in [0.4, 0.5) is 27.5 Å². The molecule has 0 aliphatic carbocycles. The highest BCUT2D eigenvalue weighted by molar-refractivity contribution is 6.14. The Morgan fingerprint density at radius 1 is 1.04 bits per heavy atom. The van der Waals surface area contributed by atoms with E-state index >= 15 is 0 Å². The highest BCUT2D eigenvalue weighted by Crippen LogP contribution is 2.31. The molecule has 0 atom stereocenters. The minimum Gasteiger partial charge on any atom is -0.354 e. The van der Waals surface area contributed by atoms with E-state index in [1.807, 2.05) is 24.3 Å². The van der Waals surface area contributed by atoms with Crippen LogP contribution in [0.3, 0.4) is 0 Å². The Labute approximate surface area is 160 Å². The predicted molar refractivity (Wildman–Crippen MR) is 106 cm³/mol. The van der Waals surface area contributed by atoms with Gasteiger partial charge in [-0.15, -0.1) is 5.10 Å². The number of halogens is 1. The highest BCUT2D eigenvalue weighted by atomic mass is 19.1. The van der Waals surface area contributed by atoms with Gasteiger partial charge in [0.2, 0.25) is 5.95 Å². The van der Waals surface area contributed by atoms with Gasteiger partial charge in [-0.25, -0.2) is 9.37 Å². The van der Waals surface area contributed by atoms with Gasteiger partial charge in [0.1, 0.15) is 11.6 Å². The van der Waals surface area contributed by atoms with Gasteiger partial charge < -0.3 is 16.0 Å². The monoisotopic (exact) mass is 376 g/mol. The lowest BCUT2D eigenvalue weighted by molar-refractivity contribution is 0.627. The summed E-state index contributed by atoms with van der Waals surface area (Å²) in [5.74, 6) is 1.15. The number of hydrogen-bond donors (Lipinski definition) is 4. The fourth-order valence-corrected chi connectivity index (χ4v) is 2.86. The van der Waals surface area contributed by atoms with Crippen molar-refractivity contribution in [1.82, 2.24) is 9.97 Å². The molecule has 9 heteroatoms. The zero-order valence-corrected chi connectivity index (χ0v) is 14.8. The van der Waals surface area contributed by atoms with E-state index in [-0.39, 0.29) is 5.82 Å². The summed E-state index contributed by atoms with van der Waals surface area (Å²) in [6, 6.07) is 14.0. The Kier molecular flexibility index (Phi) is 4.87. The van der Waals surface area contributed by atoms with E-state index in [4.69, 9.17) is 5.53 Å². The fourth-order valence-electron chi connectivity index (χ4n) is 2.86. The second-order valence-corrected chi connectivity index (χ2v) is 6.10. The van der Waals surface area contributed by atoms with Crippen LogP contribution in [0.15, 0.2) is 65.1 Å². The number of nitrogens with one attached hydrogen (secondary N) is 4. The lowest BCUT2D eigenvalue weighted by Gasteiger charge is -2.10. The normalized spacial score (nSPS) is 13.5. The molecule has 8 nitrogen and oxygen atoms in total. The quantitative estimate of drug-likeness (QED) is 0.395.